The van der Waals surface area contributed by atoms with Gasteiger partial charge in [0.05, 0.1) is 17.3 Å². The number of anilines is 2. The zero-order chi connectivity index (χ0) is 22.4. The molecule has 1 heterocycles. The van der Waals surface area contributed by atoms with Crippen LogP contribution < -0.4 is 20.3 Å². The van der Waals surface area contributed by atoms with Crippen molar-refractivity contribution < 1.29 is 14.3 Å². The van der Waals surface area contributed by atoms with Gasteiger partial charge in [-0.05, 0) is 55.5 Å². The van der Waals surface area contributed by atoms with E-state index in [1.807, 2.05) is 24.0 Å². The molecule has 2 aromatic rings. The maximum atomic E-state index is 12.4. The van der Waals surface area contributed by atoms with Crippen LogP contribution in [0.5, 0.6) is 5.75 Å². The Morgan fingerprint density at radius 1 is 1.13 bits per heavy atom. The normalized spacial score (nSPS) is 13.5. The van der Waals surface area contributed by atoms with Crippen LogP contribution >= 0.6 is 23.8 Å². The van der Waals surface area contributed by atoms with Gasteiger partial charge in [0, 0.05) is 44.4 Å². The molecule has 3 rings (SSSR count). The van der Waals surface area contributed by atoms with E-state index in [2.05, 4.69) is 15.5 Å². The van der Waals surface area contributed by atoms with Gasteiger partial charge in [-0.1, -0.05) is 17.7 Å². The molecule has 0 unspecified atom stereocenters. The molecule has 2 N–H and O–H groups in total. The van der Waals surface area contributed by atoms with Gasteiger partial charge in [0.25, 0.3) is 5.91 Å². The first-order chi connectivity index (χ1) is 14.9. The van der Waals surface area contributed by atoms with E-state index in [1.165, 1.54) is 0 Å². The molecule has 1 fully saturated rings. The summed E-state index contributed by atoms with van der Waals surface area (Å²) in [6.45, 7) is 6.78. The van der Waals surface area contributed by atoms with Gasteiger partial charge < -0.3 is 19.9 Å². The number of amides is 2. The van der Waals surface area contributed by atoms with Crippen molar-refractivity contribution in [1.29, 1.82) is 0 Å². The molecule has 0 saturated carbocycles. The number of carbonyl (C=O) groups is 2. The molecule has 0 spiro atoms. The standard InChI is InChI=1S/C22H25ClN4O3S/c1-3-30-18-6-4-5-16(13-18)21(29)25-22(31)24-17-7-8-20(19(23)14-17)27-11-9-26(10-12-27)15(2)28/h4-8,13-14H,3,9-12H2,1-2H3,(H2,24,25,29,31). The molecule has 9 heteroatoms. The van der Waals surface area contributed by atoms with Crippen molar-refractivity contribution in [3.8, 4) is 5.75 Å². The summed E-state index contributed by atoms with van der Waals surface area (Å²) in [7, 11) is 0. The van der Waals surface area contributed by atoms with Crippen LogP contribution in [0.1, 0.15) is 24.2 Å². The summed E-state index contributed by atoms with van der Waals surface area (Å²) in [5.41, 5.74) is 2.02. The molecule has 0 bridgehead atoms. The van der Waals surface area contributed by atoms with Crippen molar-refractivity contribution in [2.45, 2.75) is 13.8 Å². The van der Waals surface area contributed by atoms with E-state index >= 15 is 0 Å². The van der Waals surface area contributed by atoms with Gasteiger partial charge in [0.15, 0.2) is 5.11 Å². The summed E-state index contributed by atoms with van der Waals surface area (Å²) in [5.74, 6) is 0.385. The van der Waals surface area contributed by atoms with Crippen LogP contribution in [-0.4, -0.2) is 54.6 Å². The molecule has 0 atom stereocenters. The fourth-order valence-corrected chi connectivity index (χ4v) is 3.85. The van der Waals surface area contributed by atoms with E-state index in [1.54, 1.807) is 37.3 Å². The van der Waals surface area contributed by atoms with E-state index in [0.717, 1.165) is 18.8 Å². The average Bonchev–Trinajstić information content (AvgIpc) is 2.74. The third-order valence-corrected chi connectivity index (χ3v) is 5.41. The van der Waals surface area contributed by atoms with E-state index in [9.17, 15) is 9.59 Å². The van der Waals surface area contributed by atoms with E-state index in [4.69, 9.17) is 28.6 Å². The summed E-state index contributed by atoms with van der Waals surface area (Å²) in [4.78, 5) is 27.9. The lowest BCUT2D eigenvalue weighted by atomic mass is 10.2. The predicted molar refractivity (Wildman–Crippen MR) is 127 cm³/mol. The van der Waals surface area contributed by atoms with Crippen LogP contribution in [0.3, 0.4) is 0 Å². The Kier molecular flexibility index (Phi) is 7.70. The number of benzene rings is 2. The first-order valence-electron chi connectivity index (χ1n) is 10.0. The minimum absolute atomic E-state index is 0.0884. The van der Waals surface area contributed by atoms with Crippen molar-refractivity contribution in [2.75, 3.05) is 43.0 Å². The molecule has 1 aliphatic heterocycles. The molecule has 1 aliphatic rings. The predicted octanol–water partition coefficient (Wildman–Crippen LogP) is 3.53. The Morgan fingerprint density at radius 2 is 1.87 bits per heavy atom. The number of hydrogen-bond acceptors (Lipinski definition) is 5. The Hall–Kier alpha value is -2.84. The third kappa shape index (κ3) is 6.08. The van der Waals surface area contributed by atoms with Crippen LogP contribution in [0.15, 0.2) is 42.5 Å². The molecular weight excluding hydrogens is 436 g/mol. The lowest BCUT2D eigenvalue weighted by Gasteiger charge is -2.36. The quantitative estimate of drug-likeness (QED) is 0.665. The monoisotopic (exact) mass is 460 g/mol. The zero-order valence-electron chi connectivity index (χ0n) is 17.5. The molecule has 2 aromatic carbocycles. The minimum Gasteiger partial charge on any atom is -0.494 e. The maximum Gasteiger partial charge on any atom is 0.257 e. The Labute approximate surface area is 192 Å². The Bertz CT molecular complexity index is 977. The number of hydrogen-bond donors (Lipinski definition) is 2. The molecule has 2 amide bonds. The number of thiocarbonyl (C=S) groups is 1. The van der Waals surface area contributed by atoms with E-state index in [0.29, 0.717) is 41.7 Å². The molecule has 7 nitrogen and oxygen atoms in total. The highest BCUT2D eigenvalue weighted by Gasteiger charge is 2.20. The highest BCUT2D eigenvalue weighted by molar-refractivity contribution is 7.80. The van der Waals surface area contributed by atoms with Crippen LogP contribution in [0.4, 0.5) is 11.4 Å². The molecular formula is C22H25ClN4O3S. The Balaban J connectivity index is 1.58. The fraction of sp³-hybridized carbons (Fsp3) is 0.318. The summed E-state index contributed by atoms with van der Waals surface area (Å²) < 4.78 is 5.42. The van der Waals surface area contributed by atoms with Crippen molar-refractivity contribution >= 4 is 52.1 Å². The number of carbonyl (C=O) groups excluding carboxylic acids is 2. The summed E-state index contributed by atoms with van der Waals surface area (Å²) >= 11 is 11.8. The van der Waals surface area contributed by atoms with Crippen LogP contribution in [-0.2, 0) is 4.79 Å². The third-order valence-electron chi connectivity index (χ3n) is 4.91. The van der Waals surface area contributed by atoms with Crippen molar-refractivity contribution in [3.05, 3.63) is 53.1 Å². The van der Waals surface area contributed by atoms with Crippen LogP contribution in [0.25, 0.3) is 0 Å². The van der Waals surface area contributed by atoms with Gasteiger partial charge in [-0.2, -0.15) is 0 Å². The second-order valence-electron chi connectivity index (χ2n) is 7.03. The second-order valence-corrected chi connectivity index (χ2v) is 7.84. The average molecular weight is 461 g/mol. The zero-order valence-corrected chi connectivity index (χ0v) is 19.1. The van der Waals surface area contributed by atoms with E-state index < -0.39 is 0 Å². The summed E-state index contributed by atoms with van der Waals surface area (Å²) in [6, 6.07) is 12.4. The van der Waals surface area contributed by atoms with Gasteiger partial charge in [-0.25, -0.2) is 0 Å². The lowest BCUT2D eigenvalue weighted by Crippen LogP contribution is -2.48. The van der Waals surface area contributed by atoms with Crippen LogP contribution in [0, 0.1) is 0 Å². The number of rotatable bonds is 5. The van der Waals surface area contributed by atoms with Gasteiger partial charge in [0.2, 0.25) is 5.91 Å². The topological polar surface area (TPSA) is 73.9 Å². The van der Waals surface area contributed by atoms with Crippen molar-refractivity contribution in [2.24, 2.45) is 0 Å². The number of ether oxygens (including phenoxy) is 1. The van der Waals surface area contributed by atoms with Crippen molar-refractivity contribution in [3.63, 3.8) is 0 Å². The van der Waals surface area contributed by atoms with Gasteiger partial charge in [0.1, 0.15) is 5.75 Å². The Morgan fingerprint density at radius 3 is 2.52 bits per heavy atom. The molecule has 0 aliphatic carbocycles. The highest BCUT2D eigenvalue weighted by Crippen LogP contribution is 2.29. The number of halogens is 1. The highest BCUT2D eigenvalue weighted by atomic mass is 35.5. The van der Waals surface area contributed by atoms with E-state index in [-0.39, 0.29) is 16.9 Å². The SMILES string of the molecule is CCOc1cccc(C(=O)NC(=S)Nc2ccc(N3CCN(C(C)=O)CC3)c(Cl)c2)c1. The van der Waals surface area contributed by atoms with Gasteiger partial charge >= 0.3 is 0 Å². The van der Waals surface area contributed by atoms with Crippen LogP contribution in [0.2, 0.25) is 5.02 Å². The minimum atomic E-state index is -0.329. The van der Waals surface area contributed by atoms with Gasteiger partial charge in [-0.15, -0.1) is 0 Å². The van der Waals surface area contributed by atoms with Crippen molar-refractivity contribution in [1.82, 2.24) is 10.2 Å². The number of piperazine rings is 1. The molecule has 0 aromatic heterocycles. The lowest BCUT2D eigenvalue weighted by molar-refractivity contribution is -0.129. The van der Waals surface area contributed by atoms with Gasteiger partial charge in [-0.3, -0.25) is 14.9 Å². The fourth-order valence-electron chi connectivity index (χ4n) is 3.33. The molecule has 164 valence electrons. The molecule has 1 saturated heterocycles. The molecule has 0 radical (unpaired) electrons. The first-order valence-corrected chi connectivity index (χ1v) is 10.8. The number of nitrogens with one attached hydrogen (secondary N) is 2. The second kappa shape index (κ2) is 10.5. The maximum absolute atomic E-state index is 12.4. The first kappa shape index (κ1) is 22.8. The number of nitrogens with zero attached hydrogens (tertiary/aromatic N) is 2. The largest absolute Gasteiger partial charge is 0.494 e. The molecule has 31 heavy (non-hydrogen) atoms. The summed E-state index contributed by atoms with van der Waals surface area (Å²) in [6.07, 6.45) is 0. The smallest absolute Gasteiger partial charge is 0.257 e. The summed E-state index contributed by atoms with van der Waals surface area (Å²) in [5, 5.41) is 6.39.